The van der Waals surface area contributed by atoms with Crippen LogP contribution in [0.4, 0.5) is 5.69 Å². The molecule has 4 amide bonds. The predicted molar refractivity (Wildman–Crippen MR) is 81.1 cm³/mol. The first kappa shape index (κ1) is 16.4. The molecule has 25 heavy (non-hydrogen) atoms. The number of nitrogens with zero attached hydrogens (tertiary/aromatic N) is 2. The van der Waals surface area contributed by atoms with Gasteiger partial charge in [-0.25, -0.2) is 9.69 Å². The molecular weight excluding hydrogens is 332 g/mol. The summed E-state index contributed by atoms with van der Waals surface area (Å²) in [6.07, 6.45) is 2.21. The van der Waals surface area contributed by atoms with Crippen molar-refractivity contribution < 1.29 is 33.5 Å². The summed E-state index contributed by atoms with van der Waals surface area (Å²) in [5.41, 5.74) is 0.146. The van der Waals surface area contributed by atoms with E-state index in [4.69, 9.17) is 9.57 Å². The largest absolute Gasteiger partial charge is 0.495 e. The van der Waals surface area contributed by atoms with Crippen LogP contribution in [0.2, 0.25) is 0 Å². The maximum atomic E-state index is 12.1. The number of carbonyl (C=O) groups excluding carboxylic acids is 5. The minimum Gasteiger partial charge on any atom is -0.495 e. The molecule has 3 rings (SSSR count). The molecule has 1 fully saturated rings. The van der Waals surface area contributed by atoms with Crippen molar-refractivity contribution in [2.24, 2.45) is 0 Å². The van der Waals surface area contributed by atoms with Crippen molar-refractivity contribution in [3.8, 4) is 5.75 Å². The number of rotatable bonds is 4. The molecule has 1 aromatic rings. The molecule has 0 spiro atoms. The van der Waals surface area contributed by atoms with Gasteiger partial charge in [0.25, 0.3) is 23.6 Å². The van der Waals surface area contributed by atoms with Gasteiger partial charge >= 0.3 is 5.97 Å². The number of benzene rings is 1. The van der Waals surface area contributed by atoms with E-state index in [9.17, 15) is 24.0 Å². The van der Waals surface area contributed by atoms with Crippen LogP contribution in [0.15, 0.2) is 30.4 Å². The van der Waals surface area contributed by atoms with E-state index >= 15 is 0 Å². The Bertz CT molecular complexity index is 809. The van der Waals surface area contributed by atoms with Crippen molar-refractivity contribution in [3.05, 3.63) is 35.9 Å². The quantitative estimate of drug-likeness (QED) is 0.725. The van der Waals surface area contributed by atoms with E-state index < -0.39 is 29.6 Å². The van der Waals surface area contributed by atoms with Crippen LogP contribution in [-0.4, -0.2) is 41.8 Å². The lowest BCUT2D eigenvalue weighted by atomic mass is 10.1. The first-order chi connectivity index (χ1) is 11.9. The summed E-state index contributed by atoms with van der Waals surface area (Å²) in [5, 5.41) is 0.431. The van der Waals surface area contributed by atoms with E-state index in [1.807, 2.05) is 0 Å². The summed E-state index contributed by atoms with van der Waals surface area (Å²) in [7, 11) is 1.31. The topological polar surface area (TPSA) is 110 Å². The van der Waals surface area contributed by atoms with Gasteiger partial charge in [0, 0.05) is 25.0 Å². The van der Waals surface area contributed by atoms with Crippen molar-refractivity contribution in [1.29, 1.82) is 0 Å². The van der Waals surface area contributed by atoms with Crippen LogP contribution in [0.1, 0.15) is 23.2 Å². The Kier molecular flexibility index (Phi) is 4.05. The highest BCUT2D eigenvalue weighted by molar-refractivity contribution is 6.28. The van der Waals surface area contributed by atoms with Gasteiger partial charge in [-0.15, -0.1) is 5.06 Å². The second kappa shape index (κ2) is 6.19. The van der Waals surface area contributed by atoms with Gasteiger partial charge in [-0.05, 0) is 18.2 Å². The van der Waals surface area contributed by atoms with Crippen molar-refractivity contribution in [2.45, 2.75) is 12.8 Å². The number of hydrogen-bond donors (Lipinski definition) is 0. The SMILES string of the molecule is COc1cc(C(=O)ON2C(=O)CCC2=O)ccc1N1C(=O)C=CC1=O. The molecule has 1 saturated heterocycles. The van der Waals surface area contributed by atoms with Gasteiger partial charge in [0.1, 0.15) is 5.75 Å². The fraction of sp³-hybridized carbons (Fsp3) is 0.188. The van der Waals surface area contributed by atoms with Crippen molar-refractivity contribution in [2.75, 3.05) is 12.0 Å². The maximum absolute atomic E-state index is 12.1. The molecule has 0 aromatic heterocycles. The molecule has 9 nitrogen and oxygen atoms in total. The zero-order chi connectivity index (χ0) is 18.1. The number of anilines is 1. The molecule has 2 aliphatic rings. The fourth-order valence-electron chi connectivity index (χ4n) is 2.42. The summed E-state index contributed by atoms with van der Waals surface area (Å²) >= 11 is 0. The average Bonchev–Trinajstić information content (AvgIpc) is 3.10. The van der Waals surface area contributed by atoms with Crippen LogP contribution in [0.25, 0.3) is 0 Å². The molecule has 0 radical (unpaired) electrons. The summed E-state index contributed by atoms with van der Waals surface area (Å²) in [4.78, 5) is 64.3. The van der Waals surface area contributed by atoms with Crippen LogP contribution in [0.5, 0.6) is 5.75 Å². The monoisotopic (exact) mass is 344 g/mol. The number of methoxy groups -OCH3 is 1. The first-order valence-electron chi connectivity index (χ1n) is 7.24. The van der Waals surface area contributed by atoms with Gasteiger partial charge < -0.3 is 9.57 Å². The molecule has 2 heterocycles. The third-order valence-electron chi connectivity index (χ3n) is 3.65. The molecule has 0 atom stereocenters. The predicted octanol–water partition coefficient (Wildman–Crippen LogP) is 0.345. The Morgan fingerprint density at radius 3 is 2.16 bits per heavy atom. The summed E-state index contributed by atoms with van der Waals surface area (Å²) in [6, 6.07) is 3.89. The number of hydroxylamine groups is 2. The molecule has 0 aliphatic carbocycles. The highest BCUT2D eigenvalue weighted by atomic mass is 16.7. The highest BCUT2D eigenvalue weighted by Gasteiger charge is 2.34. The van der Waals surface area contributed by atoms with Gasteiger partial charge in [-0.2, -0.15) is 0 Å². The first-order valence-corrected chi connectivity index (χ1v) is 7.24. The Morgan fingerprint density at radius 1 is 1.00 bits per heavy atom. The minimum atomic E-state index is -0.939. The number of carbonyl (C=O) groups is 5. The molecule has 0 unspecified atom stereocenters. The van der Waals surface area contributed by atoms with Crippen LogP contribution in [-0.2, 0) is 24.0 Å². The summed E-state index contributed by atoms with van der Waals surface area (Å²) in [5.74, 6) is -3.12. The molecule has 128 valence electrons. The molecule has 0 N–H and O–H groups in total. The third-order valence-corrected chi connectivity index (χ3v) is 3.65. The van der Waals surface area contributed by atoms with Crippen LogP contribution in [0.3, 0.4) is 0 Å². The van der Waals surface area contributed by atoms with E-state index in [2.05, 4.69) is 0 Å². The van der Waals surface area contributed by atoms with E-state index in [0.717, 1.165) is 17.1 Å². The standard InChI is InChI=1S/C16H12N2O7/c1-24-11-8-9(16(23)25-18-14(21)6-7-15(18)22)2-3-10(11)17-12(19)4-5-13(17)20/h2-5,8H,6-7H2,1H3. The minimum absolute atomic E-state index is 0.0133. The average molecular weight is 344 g/mol. The molecule has 0 saturated carbocycles. The van der Waals surface area contributed by atoms with Crippen molar-refractivity contribution in [1.82, 2.24) is 5.06 Å². The lowest BCUT2D eigenvalue weighted by Gasteiger charge is -2.18. The lowest BCUT2D eigenvalue weighted by Crippen LogP contribution is -2.32. The van der Waals surface area contributed by atoms with Gasteiger partial charge in [0.15, 0.2) is 0 Å². The van der Waals surface area contributed by atoms with Gasteiger partial charge in [-0.3, -0.25) is 19.2 Å². The smallest absolute Gasteiger partial charge is 0.364 e. The normalized spacial score (nSPS) is 16.8. The van der Waals surface area contributed by atoms with Crippen LogP contribution < -0.4 is 9.64 Å². The molecule has 2 aliphatic heterocycles. The second-order valence-electron chi connectivity index (χ2n) is 5.19. The fourth-order valence-corrected chi connectivity index (χ4v) is 2.42. The Morgan fingerprint density at radius 2 is 1.60 bits per heavy atom. The van der Waals surface area contributed by atoms with Crippen LogP contribution in [0, 0.1) is 0 Å². The van der Waals surface area contributed by atoms with Gasteiger partial charge in [0.05, 0.1) is 18.4 Å². The van der Waals surface area contributed by atoms with Gasteiger partial charge in [0.2, 0.25) is 0 Å². The Hall–Kier alpha value is -3.49. The molecule has 9 heteroatoms. The second-order valence-corrected chi connectivity index (χ2v) is 5.19. The van der Waals surface area contributed by atoms with Crippen LogP contribution >= 0.6 is 0 Å². The number of hydrogen-bond acceptors (Lipinski definition) is 7. The Balaban J connectivity index is 1.85. The molecular formula is C16H12N2O7. The summed E-state index contributed by atoms with van der Waals surface area (Å²) < 4.78 is 5.13. The van der Waals surface area contributed by atoms with Gasteiger partial charge in [-0.1, -0.05) is 0 Å². The van der Waals surface area contributed by atoms with E-state index in [-0.39, 0.29) is 29.8 Å². The third kappa shape index (κ3) is 2.87. The van der Waals surface area contributed by atoms with Crippen molar-refractivity contribution in [3.63, 3.8) is 0 Å². The number of amides is 4. The lowest BCUT2D eigenvalue weighted by molar-refractivity contribution is -0.172. The zero-order valence-corrected chi connectivity index (χ0v) is 13.1. The molecule has 1 aromatic carbocycles. The van der Waals surface area contributed by atoms with E-state index in [1.165, 1.54) is 25.3 Å². The van der Waals surface area contributed by atoms with E-state index in [1.54, 1.807) is 0 Å². The zero-order valence-electron chi connectivity index (χ0n) is 13.1. The van der Waals surface area contributed by atoms with Crippen molar-refractivity contribution >= 4 is 35.3 Å². The molecule has 0 bridgehead atoms. The summed E-state index contributed by atoms with van der Waals surface area (Å²) in [6.45, 7) is 0. The Labute approximate surface area is 141 Å². The maximum Gasteiger partial charge on any atom is 0.364 e. The van der Waals surface area contributed by atoms with E-state index in [0.29, 0.717) is 5.06 Å². The highest BCUT2D eigenvalue weighted by Crippen LogP contribution is 2.31. The number of ether oxygens (including phenoxy) is 1. The number of imide groups is 2.